The van der Waals surface area contributed by atoms with Crippen LogP contribution in [0.2, 0.25) is 0 Å². The van der Waals surface area contributed by atoms with Crippen LogP contribution in [0.3, 0.4) is 0 Å². The Balaban J connectivity index is 2.12. The van der Waals surface area contributed by atoms with Gasteiger partial charge in [0.15, 0.2) is 12.6 Å². The summed E-state index contributed by atoms with van der Waals surface area (Å²) in [6.45, 7) is 23.7. The van der Waals surface area contributed by atoms with Crippen LogP contribution in [0.1, 0.15) is 130 Å². The van der Waals surface area contributed by atoms with Crippen molar-refractivity contribution in [2.24, 2.45) is 5.73 Å². The molecule has 0 aromatic carbocycles. The number of hydrogen-bond acceptors (Lipinski definition) is 20. The maximum absolute atomic E-state index is 13.9. The van der Waals surface area contributed by atoms with Crippen LogP contribution >= 0.6 is 0 Å². The third-order valence-corrected chi connectivity index (χ3v) is 10.7. The summed E-state index contributed by atoms with van der Waals surface area (Å²) in [7, 11) is 0. The lowest BCUT2D eigenvalue weighted by molar-refractivity contribution is -0.304. The van der Waals surface area contributed by atoms with Gasteiger partial charge in [-0.2, -0.15) is 0 Å². The first-order valence-electron chi connectivity index (χ1n) is 24.6. The number of amides is 6. The average Bonchev–Trinajstić information content (AvgIpc) is 3.19. The molecular weight excluding hydrogens is 967 g/mol. The number of ether oxygens (including phenoxy) is 9. The van der Waals surface area contributed by atoms with E-state index in [2.05, 4.69) is 31.9 Å². The lowest BCUT2D eigenvalue weighted by atomic mass is 9.81. The molecule has 2 aliphatic heterocycles. The lowest BCUT2D eigenvalue weighted by Gasteiger charge is -2.50. The molecule has 0 bridgehead atoms. The van der Waals surface area contributed by atoms with Gasteiger partial charge in [-0.15, -0.1) is 0 Å². The van der Waals surface area contributed by atoms with Crippen LogP contribution in [0.5, 0.6) is 0 Å². The molecule has 1 saturated carbocycles. The molecule has 422 valence electrons. The van der Waals surface area contributed by atoms with Crippen molar-refractivity contribution in [1.29, 1.82) is 0 Å². The Kier molecular flexibility index (Phi) is 22.2. The van der Waals surface area contributed by atoms with E-state index in [4.69, 9.17) is 48.4 Å². The zero-order chi connectivity index (χ0) is 55.6. The summed E-state index contributed by atoms with van der Waals surface area (Å²) in [6, 6.07) is -6.54. The summed E-state index contributed by atoms with van der Waals surface area (Å²) >= 11 is 0. The summed E-state index contributed by atoms with van der Waals surface area (Å²) in [5.41, 5.74) is 2.58. The third kappa shape index (κ3) is 22.1. The Morgan fingerprint density at radius 3 is 1.51 bits per heavy atom. The second kappa shape index (κ2) is 25.8. The van der Waals surface area contributed by atoms with Crippen LogP contribution in [-0.2, 0) is 47.4 Å². The highest BCUT2D eigenvalue weighted by atomic mass is 16.7. The summed E-state index contributed by atoms with van der Waals surface area (Å²) in [4.78, 5) is 78.7. The third-order valence-electron chi connectivity index (χ3n) is 10.7. The van der Waals surface area contributed by atoms with Crippen molar-refractivity contribution in [3.05, 3.63) is 0 Å². The van der Waals surface area contributed by atoms with Crippen molar-refractivity contribution in [3.8, 4) is 0 Å². The summed E-state index contributed by atoms with van der Waals surface area (Å²) < 4.78 is 52.5. The summed E-state index contributed by atoms with van der Waals surface area (Å²) in [6.07, 6.45) is -18.2. The Bertz CT molecular complexity index is 1840. The Labute approximate surface area is 427 Å². The maximum Gasteiger partial charge on any atom is 0.408 e. The van der Waals surface area contributed by atoms with E-state index in [0.717, 1.165) is 0 Å². The largest absolute Gasteiger partial charge is 0.444 e. The van der Waals surface area contributed by atoms with Crippen molar-refractivity contribution in [2.75, 3.05) is 19.7 Å². The molecule has 26 nitrogen and oxygen atoms in total. The standard InChI is InChI=1S/C47H85N7O19/c1-43(2,3)69-38(60)49-19-18-27(56)35(59)51-25-20-26(53-41(63)72-46(10,11)12)34(29(48)33(25)68-37-32(58)30(31(57)28(22-55)66-37)54-42(64)73-47(13,14)15)67-36-24(52-40(62)71-45(7,8)9)17-16-23(65-36)21-50-39(61)70-44(4,5)6/h23-34,36-37,55-58H,16-22,48H2,1-15H3,(H,49,60)(H,50,61)(H,51,59)(H,52,62)(H,53,63)(H,54,64)/t23?,24?,25-,26-,27+,28?,29?,30+,31-,32?,33+,34?,36-,37-/m1/s1. The van der Waals surface area contributed by atoms with Crippen LogP contribution in [0.4, 0.5) is 24.0 Å². The predicted molar refractivity (Wildman–Crippen MR) is 258 cm³/mol. The molecule has 14 atom stereocenters. The number of aliphatic hydroxyl groups excluding tert-OH is 4. The van der Waals surface area contributed by atoms with Gasteiger partial charge in [-0.3, -0.25) is 4.79 Å². The van der Waals surface area contributed by atoms with Gasteiger partial charge >= 0.3 is 30.5 Å². The minimum Gasteiger partial charge on any atom is -0.444 e. The van der Waals surface area contributed by atoms with Crippen LogP contribution in [-0.4, -0.2) is 190 Å². The lowest BCUT2D eigenvalue weighted by Crippen LogP contribution is -2.72. The first-order chi connectivity index (χ1) is 33.3. The minimum atomic E-state index is -1.90. The number of carbonyl (C=O) groups is 6. The van der Waals surface area contributed by atoms with Gasteiger partial charge in [0.05, 0.1) is 55.1 Å². The zero-order valence-corrected chi connectivity index (χ0v) is 45.0. The van der Waals surface area contributed by atoms with Crippen molar-refractivity contribution >= 4 is 36.4 Å². The Morgan fingerprint density at radius 1 is 0.575 bits per heavy atom. The van der Waals surface area contributed by atoms with E-state index in [-0.39, 0.29) is 38.8 Å². The SMILES string of the molecule is CC(C)(C)OC(=O)NCC[C@H](O)C(=O)N[C@@H]1C[C@@H](NC(=O)OC(C)(C)C)C(O[C@H]2OC(CNC(=O)OC(C)(C)C)CCC2NC(=O)OC(C)(C)C)C(N)[C@H]1O[C@H]1OC(CO)[C@@H](O)[C@H](NC(=O)OC(C)(C)C)C1O. The molecule has 2 heterocycles. The fraction of sp³-hybridized carbons (Fsp3) is 0.872. The minimum absolute atomic E-state index is 0.0625. The van der Waals surface area contributed by atoms with E-state index in [1.54, 1.807) is 104 Å². The Morgan fingerprint density at radius 2 is 1.01 bits per heavy atom. The second-order valence-corrected chi connectivity index (χ2v) is 23.3. The highest BCUT2D eigenvalue weighted by molar-refractivity contribution is 5.81. The molecule has 2 saturated heterocycles. The smallest absolute Gasteiger partial charge is 0.408 e. The molecule has 73 heavy (non-hydrogen) atoms. The molecular formula is C47H85N7O19. The first-order valence-corrected chi connectivity index (χ1v) is 24.6. The second-order valence-electron chi connectivity index (χ2n) is 23.3. The Hall–Kier alpha value is -4.54. The number of aliphatic hydroxyl groups is 4. The molecule has 3 fully saturated rings. The van der Waals surface area contributed by atoms with Gasteiger partial charge in [0, 0.05) is 13.1 Å². The summed E-state index contributed by atoms with van der Waals surface area (Å²) in [5.74, 6) is -0.983. The molecule has 0 spiro atoms. The van der Waals surface area contributed by atoms with E-state index in [0.29, 0.717) is 0 Å². The normalized spacial score (nSPS) is 29.6. The van der Waals surface area contributed by atoms with Gasteiger partial charge in [0.2, 0.25) is 5.91 Å². The number of alkyl carbamates (subject to hydrolysis) is 5. The van der Waals surface area contributed by atoms with E-state index in [1.165, 1.54) is 0 Å². The number of nitrogens with one attached hydrogen (secondary N) is 6. The molecule has 0 radical (unpaired) electrons. The van der Waals surface area contributed by atoms with Crippen molar-refractivity contribution in [3.63, 3.8) is 0 Å². The van der Waals surface area contributed by atoms with Crippen molar-refractivity contribution < 1.29 is 91.8 Å². The van der Waals surface area contributed by atoms with Gasteiger partial charge in [0.25, 0.3) is 0 Å². The van der Waals surface area contributed by atoms with Crippen molar-refractivity contribution in [2.45, 2.75) is 243 Å². The molecule has 0 aromatic rings. The van der Waals surface area contributed by atoms with E-state index < -0.39 is 157 Å². The molecule has 6 unspecified atom stereocenters. The predicted octanol–water partition coefficient (Wildman–Crippen LogP) is 1.40. The van der Waals surface area contributed by atoms with Gasteiger partial charge in [-0.25, -0.2) is 24.0 Å². The van der Waals surface area contributed by atoms with E-state index in [1.807, 2.05) is 0 Å². The molecule has 12 N–H and O–H groups in total. The van der Waals surface area contributed by atoms with Crippen molar-refractivity contribution in [1.82, 2.24) is 31.9 Å². The van der Waals surface area contributed by atoms with Gasteiger partial charge < -0.3 is 101 Å². The van der Waals surface area contributed by atoms with Crippen LogP contribution in [0.25, 0.3) is 0 Å². The number of nitrogens with two attached hydrogens (primary N) is 1. The molecule has 3 rings (SSSR count). The average molecular weight is 1050 g/mol. The maximum atomic E-state index is 13.9. The quantitative estimate of drug-likeness (QED) is 0.103. The number of rotatable bonds is 15. The monoisotopic (exact) mass is 1050 g/mol. The van der Waals surface area contributed by atoms with Gasteiger partial charge in [0.1, 0.15) is 52.4 Å². The van der Waals surface area contributed by atoms with Gasteiger partial charge in [-0.1, -0.05) is 0 Å². The zero-order valence-electron chi connectivity index (χ0n) is 45.0. The first kappa shape index (κ1) is 62.8. The van der Waals surface area contributed by atoms with Crippen LogP contribution in [0, 0.1) is 0 Å². The fourth-order valence-electron chi connectivity index (χ4n) is 7.78. The fourth-order valence-corrected chi connectivity index (χ4v) is 7.78. The van der Waals surface area contributed by atoms with E-state index in [9.17, 15) is 49.2 Å². The van der Waals surface area contributed by atoms with Crippen LogP contribution < -0.4 is 37.6 Å². The molecule has 1 aliphatic carbocycles. The number of carbonyl (C=O) groups excluding carboxylic acids is 6. The van der Waals surface area contributed by atoms with Crippen LogP contribution in [0.15, 0.2) is 0 Å². The number of hydrogen-bond donors (Lipinski definition) is 11. The topological polar surface area (TPSA) is 365 Å². The van der Waals surface area contributed by atoms with Gasteiger partial charge in [-0.05, 0) is 130 Å². The summed E-state index contributed by atoms with van der Waals surface area (Å²) in [5, 5.41) is 60.1. The highest BCUT2D eigenvalue weighted by Crippen LogP contribution is 2.33. The molecule has 26 heteroatoms. The highest BCUT2D eigenvalue weighted by Gasteiger charge is 2.53. The molecule has 3 aliphatic rings. The molecule has 0 aromatic heterocycles. The molecule has 6 amide bonds. The van der Waals surface area contributed by atoms with E-state index >= 15 is 0 Å².